The van der Waals surface area contributed by atoms with Crippen LogP contribution in [0.4, 0.5) is 5.82 Å². The van der Waals surface area contributed by atoms with E-state index in [9.17, 15) is 4.79 Å². The SMILES string of the molecule is CN1CCN(C(C(=O)Nc2ccc(-c3nc4ccccc4s3)cn2)c2ccccc2)CC1. The fourth-order valence-corrected chi connectivity index (χ4v) is 4.98. The summed E-state index contributed by atoms with van der Waals surface area (Å²) < 4.78 is 1.15. The van der Waals surface area contributed by atoms with Crippen molar-refractivity contribution >= 4 is 33.3 Å². The molecule has 32 heavy (non-hydrogen) atoms. The molecule has 0 spiro atoms. The second-order valence-corrected chi connectivity index (χ2v) is 9.09. The van der Waals surface area contributed by atoms with Gasteiger partial charge in [-0.1, -0.05) is 42.5 Å². The summed E-state index contributed by atoms with van der Waals surface area (Å²) in [4.78, 5) is 27.1. The maximum Gasteiger partial charge on any atom is 0.247 e. The highest BCUT2D eigenvalue weighted by Crippen LogP contribution is 2.30. The first-order valence-corrected chi connectivity index (χ1v) is 11.6. The predicted octanol–water partition coefficient (Wildman–Crippen LogP) is 4.29. The number of hydrogen-bond donors (Lipinski definition) is 1. The Morgan fingerprint density at radius 1 is 0.969 bits per heavy atom. The Morgan fingerprint density at radius 2 is 1.72 bits per heavy atom. The Bertz CT molecular complexity index is 1170. The molecule has 1 atom stereocenters. The van der Waals surface area contributed by atoms with Gasteiger partial charge in [-0.05, 0) is 36.9 Å². The van der Waals surface area contributed by atoms with E-state index in [0.29, 0.717) is 5.82 Å². The maximum atomic E-state index is 13.3. The highest BCUT2D eigenvalue weighted by Gasteiger charge is 2.30. The summed E-state index contributed by atoms with van der Waals surface area (Å²) in [5, 5.41) is 3.96. The molecular formula is C25H25N5OS. The zero-order valence-corrected chi connectivity index (χ0v) is 18.8. The van der Waals surface area contributed by atoms with Crippen LogP contribution in [0.5, 0.6) is 0 Å². The number of piperazine rings is 1. The first-order chi connectivity index (χ1) is 15.7. The Morgan fingerprint density at radius 3 is 2.44 bits per heavy atom. The van der Waals surface area contributed by atoms with E-state index in [2.05, 4.69) is 38.2 Å². The van der Waals surface area contributed by atoms with Gasteiger partial charge in [0.15, 0.2) is 0 Å². The minimum absolute atomic E-state index is 0.0546. The van der Waals surface area contributed by atoms with Crippen molar-refractivity contribution in [2.75, 3.05) is 38.5 Å². The van der Waals surface area contributed by atoms with Crippen molar-refractivity contribution in [3.8, 4) is 10.6 Å². The lowest BCUT2D eigenvalue weighted by Gasteiger charge is -2.37. The summed E-state index contributed by atoms with van der Waals surface area (Å²) in [5.74, 6) is 0.496. The van der Waals surface area contributed by atoms with Crippen molar-refractivity contribution < 1.29 is 4.79 Å². The minimum Gasteiger partial charge on any atom is -0.309 e. The second-order valence-electron chi connectivity index (χ2n) is 8.06. The highest BCUT2D eigenvalue weighted by atomic mass is 32.1. The van der Waals surface area contributed by atoms with Gasteiger partial charge in [-0.3, -0.25) is 9.69 Å². The summed E-state index contributed by atoms with van der Waals surface area (Å²) in [6, 6.07) is 21.6. The van der Waals surface area contributed by atoms with Gasteiger partial charge in [-0.15, -0.1) is 11.3 Å². The van der Waals surface area contributed by atoms with Crippen LogP contribution in [0.1, 0.15) is 11.6 Å². The van der Waals surface area contributed by atoms with Crippen molar-refractivity contribution in [3.63, 3.8) is 0 Å². The average Bonchev–Trinajstić information content (AvgIpc) is 3.26. The van der Waals surface area contributed by atoms with Crippen LogP contribution in [-0.2, 0) is 4.79 Å². The van der Waals surface area contributed by atoms with E-state index in [1.165, 1.54) is 0 Å². The Labute approximate surface area is 191 Å². The predicted molar refractivity (Wildman–Crippen MR) is 130 cm³/mol. The monoisotopic (exact) mass is 443 g/mol. The van der Waals surface area contributed by atoms with E-state index in [4.69, 9.17) is 0 Å². The van der Waals surface area contributed by atoms with Crippen molar-refractivity contribution in [2.24, 2.45) is 0 Å². The molecular weight excluding hydrogens is 418 g/mol. The average molecular weight is 444 g/mol. The number of aromatic nitrogens is 2. The first-order valence-electron chi connectivity index (χ1n) is 10.8. The standard InChI is InChI=1S/C25H25N5OS/c1-29-13-15-30(16-14-29)23(18-7-3-2-4-8-18)24(31)28-22-12-11-19(17-26-22)25-27-20-9-5-6-10-21(20)32-25/h2-12,17,23H,13-16H2,1H3,(H,26,28,31). The van der Waals surface area contributed by atoms with Gasteiger partial charge < -0.3 is 10.2 Å². The zero-order valence-electron chi connectivity index (χ0n) is 17.9. The Hall–Kier alpha value is -3.13. The molecule has 1 fully saturated rings. The number of benzene rings is 2. The van der Waals surface area contributed by atoms with Gasteiger partial charge in [0.1, 0.15) is 16.9 Å². The molecule has 5 rings (SSSR count). The number of thiazole rings is 1. The number of nitrogens with one attached hydrogen (secondary N) is 1. The molecule has 1 aliphatic heterocycles. The quantitative estimate of drug-likeness (QED) is 0.499. The molecule has 6 nitrogen and oxygen atoms in total. The second kappa shape index (κ2) is 9.16. The van der Waals surface area contributed by atoms with Gasteiger partial charge in [-0.25, -0.2) is 9.97 Å². The number of pyridine rings is 1. The zero-order chi connectivity index (χ0) is 21.9. The number of para-hydroxylation sites is 1. The molecule has 1 aliphatic rings. The van der Waals surface area contributed by atoms with Crippen LogP contribution in [0.2, 0.25) is 0 Å². The lowest BCUT2D eigenvalue weighted by atomic mass is 10.0. The van der Waals surface area contributed by atoms with Gasteiger partial charge in [0, 0.05) is 37.9 Å². The summed E-state index contributed by atoms with van der Waals surface area (Å²) >= 11 is 1.64. The number of likely N-dealkylation sites (N-methyl/N-ethyl adjacent to an activating group) is 1. The molecule has 0 saturated carbocycles. The van der Waals surface area contributed by atoms with Crippen LogP contribution in [-0.4, -0.2) is 58.9 Å². The minimum atomic E-state index is -0.337. The number of carbonyl (C=O) groups is 1. The summed E-state index contributed by atoms with van der Waals surface area (Å²) in [6.45, 7) is 3.61. The number of anilines is 1. The third-order valence-electron chi connectivity index (χ3n) is 5.82. The lowest BCUT2D eigenvalue weighted by molar-refractivity contribution is -0.122. The van der Waals surface area contributed by atoms with Gasteiger partial charge in [0.25, 0.3) is 0 Å². The van der Waals surface area contributed by atoms with Crippen LogP contribution in [0.15, 0.2) is 72.9 Å². The Kier molecular flexibility index (Phi) is 5.94. The number of hydrogen-bond acceptors (Lipinski definition) is 6. The van der Waals surface area contributed by atoms with Crippen molar-refractivity contribution in [2.45, 2.75) is 6.04 Å². The van der Waals surface area contributed by atoms with Crippen LogP contribution >= 0.6 is 11.3 Å². The highest BCUT2D eigenvalue weighted by molar-refractivity contribution is 7.21. The van der Waals surface area contributed by atoms with E-state index >= 15 is 0 Å². The van der Waals surface area contributed by atoms with Crippen molar-refractivity contribution in [1.29, 1.82) is 0 Å². The molecule has 0 radical (unpaired) electrons. The molecule has 1 unspecified atom stereocenters. The van der Waals surface area contributed by atoms with Crippen LogP contribution in [0.25, 0.3) is 20.8 Å². The van der Waals surface area contributed by atoms with Crippen LogP contribution < -0.4 is 5.32 Å². The normalized spacial score (nSPS) is 16.2. The third-order valence-corrected chi connectivity index (χ3v) is 6.91. The van der Waals surface area contributed by atoms with E-state index in [0.717, 1.165) is 52.5 Å². The number of amides is 1. The fourth-order valence-electron chi connectivity index (χ4n) is 4.03. The van der Waals surface area contributed by atoms with Crippen molar-refractivity contribution in [1.82, 2.24) is 19.8 Å². The molecule has 7 heteroatoms. The van der Waals surface area contributed by atoms with Crippen LogP contribution in [0, 0.1) is 0 Å². The van der Waals surface area contributed by atoms with Gasteiger partial charge in [0.05, 0.1) is 10.2 Å². The third kappa shape index (κ3) is 4.41. The van der Waals surface area contributed by atoms with Crippen molar-refractivity contribution in [3.05, 3.63) is 78.5 Å². The molecule has 0 aliphatic carbocycles. The van der Waals surface area contributed by atoms with E-state index in [1.54, 1.807) is 17.5 Å². The van der Waals surface area contributed by atoms with E-state index in [-0.39, 0.29) is 11.9 Å². The Balaban J connectivity index is 1.35. The van der Waals surface area contributed by atoms with Gasteiger partial charge >= 0.3 is 0 Å². The smallest absolute Gasteiger partial charge is 0.247 e. The molecule has 2 aromatic carbocycles. The number of nitrogens with zero attached hydrogens (tertiary/aromatic N) is 4. The molecule has 4 aromatic rings. The van der Waals surface area contributed by atoms with E-state index in [1.807, 2.05) is 60.7 Å². The first kappa shape index (κ1) is 20.8. The summed E-state index contributed by atoms with van der Waals surface area (Å²) in [7, 11) is 2.12. The molecule has 1 amide bonds. The lowest BCUT2D eigenvalue weighted by Crippen LogP contribution is -2.48. The fraction of sp³-hybridized carbons (Fsp3) is 0.240. The largest absolute Gasteiger partial charge is 0.309 e. The molecule has 162 valence electrons. The molecule has 0 bridgehead atoms. The molecule has 1 saturated heterocycles. The van der Waals surface area contributed by atoms with E-state index < -0.39 is 0 Å². The summed E-state index contributed by atoms with van der Waals surface area (Å²) in [5.41, 5.74) is 2.94. The number of carbonyl (C=O) groups excluding carboxylic acids is 1. The molecule has 3 heterocycles. The number of fused-ring (bicyclic) bond motifs is 1. The van der Waals surface area contributed by atoms with Crippen LogP contribution in [0.3, 0.4) is 0 Å². The summed E-state index contributed by atoms with van der Waals surface area (Å²) in [6.07, 6.45) is 1.78. The molecule has 2 aromatic heterocycles. The van der Waals surface area contributed by atoms with Gasteiger partial charge in [-0.2, -0.15) is 0 Å². The topological polar surface area (TPSA) is 61.4 Å². The molecule has 1 N–H and O–H groups in total. The van der Waals surface area contributed by atoms with Gasteiger partial charge in [0.2, 0.25) is 5.91 Å². The maximum absolute atomic E-state index is 13.3. The number of rotatable bonds is 5.